The lowest BCUT2D eigenvalue weighted by Crippen LogP contribution is -2.28. The van der Waals surface area contributed by atoms with Gasteiger partial charge in [-0.3, -0.25) is 4.79 Å². The standard InChI is InChI=1S/C25H28Cl2N4O3/c1-4-31(5-2)11-12-34-24-10-9-19(16-28-24)30-25(32)23(33-3)8-6-7-18-13-17-14-20(26)21(27)15-22(17)29-18/h6-10,13-16,29H,4-5,11-12H2,1-3H3,(H,30,32). The minimum Gasteiger partial charge on any atom is -0.491 e. The Morgan fingerprint density at radius 1 is 1.18 bits per heavy atom. The number of fused-ring (bicyclic) bond motifs is 1. The molecule has 0 radical (unpaired) electrons. The molecule has 0 aliphatic rings. The number of nitrogens with one attached hydrogen (secondary N) is 2. The molecular formula is C25H28Cl2N4O3. The number of halogens is 2. The molecule has 0 unspecified atom stereocenters. The van der Waals surface area contributed by atoms with E-state index in [0.717, 1.165) is 36.2 Å². The maximum absolute atomic E-state index is 12.6. The van der Waals surface area contributed by atoms with Gasteiger partial charge in [-0.05, 0) is 49.5 Å². The number of methoxy groups -OCH3 is 1. The van der Waals surface area contributed by atoms with Crippen LogP contribution < -0.4 is 10.1 Å². The molecule has 0 bridgehead atoms. The number of carbonyl (C=O) groups excluding carboxylic acids is 1. The van der Waals surface area contributed by atoms with Gasteiger partial charge in [0.15, 0.2) is 5.76 Å². The molecule has 0 aliphatic heterocycles. The van der Waals surface area contributed by atoms with Crippen molar-refractivity contribution in [2.24, 2.45) is 0 Å². The van der Waals surface area contributed by atoms with Gasteiger partial charge in [-0.2, -0.15) is 0 Å². The number of amides is 1. The van der Waals surface area contributed by atoms with E-state index in [4.69, 9.17) is 32.7 Å². The summed E-state index contributed by atoms with van der Waals surface area (Å²) in [7, 11) is 1.44. The molecule has 9 heteroatoms. The fraction of sp³-hybridized carbons (Fsp3) is 0.280. The van der Waals surface area contributed by atoms with Crippen molar-refractivity contribution in [3.63, 3.8) is 0 Å². The topological polar surface area (TPSA) is 79.5 Å². The largest absolute Gasteiger partial charge is 0.491 e. The number of benzene rings is 1. The molecule has 2 N–H and O–H groups in total. The number of anilines is 1. The van der Waals surface area contributed by atoms with E-state index in [1.165, 1.54) is 7.11 Å². The second-order valence-electron chi connectivity index (χ2n) is 7.39. The van der Waals surface area contributed by atoms with Crippen LogP contribution in [0.2, 0.25) is 10.0 Å². The first-order chi connectivity index (χ1) is 16.4. The van der Waals surface area contributed by atoms with E-state index in [1.54, 1.807) is 42.6 Å². The van der Waals surface area contributed by atoms with Crippen LogP contribution in [0.15, 0.2) is 54.4 Å². The smallest absolute Gasteiger partial charge is 0.290 e. The molecule has 0 saturated carbocycles. The van der Waals surface area contributed by atoms with Gasteiger partial charge in [0, 0.05) is 29.2 Å². The van der Waals surface area contributed by atoms with E-state index in [9.17, 15) is 4.79 Å². The number of carbonyl (C=O) groups is 1. The molecule has 2 aromatic heterocycles. The van der Waals surface area contributed by atoms with Crippen molar-refractivity contribution >= 4 is 51.8 Å². The van der Waals surface area contributed by atoms with Crippen LogP contribution in [-0.2, 0) is 9.53 Å². The summed E-state index contributed by atoms with van der Waals surface area (Å²) in [6.45, 7) is 7.59. The Hall–Kier alpha value is -3.00. The second-order valence-corrected chi connectivity index (χ2v) is 8.20. The highest BCUT2D eigenvalue weighted by molar-refractivity contribution is 6.42. The van der Waals surface area contributed by atoms with Crippen molar-refractivity contribution in [1.82, 2.24) is 14.9 Å². The molecular weight excluding hydrogens is 475 g/mol. The molecule has 7 nitrogen and oxygen atoms in total. The highest BCUT2D eigenvalue weighted by atomic mass is 35.5. The predicted molar refractivity (Wildman–Crippen MR) is 139 cm³/mol. The van der Waals surface area contributed by atoms with Crippen LogP contribution >= 0.6 is 23.2 Å². The van der Waals surface area contributed by atoms with E-state index in [-0.39, 0.29) is 11.7 Å². The summed E-state index contributed by atoms with van der Waals surface area (Å²) in [5.41, 5.74) is 2.24. The second kappa shape index (κ2) is 12.5. The van der Waals surface area contributed by atoms with Gasteiger partial charge < -0.3 is 24.7 Å². The maximum atomic E-state index is 12.6. The molecule has 1 amide bonds. The van der Waals surface area contributed by atoms with Gasteiger partial charge in [0.05, 0.1) is 29.0 Å². The van der Waals surface area contributed by atoms with Crippen molar-refractivity contribution in [3.05, 3.63) is 70.2 Å². The fourth-order valence-electron chi connectivity index (χ4n) is 3.27. The van der Waals surface area contributed by atoms with Gasteiger partial charge in [0.1, 0.15) is 6.61 Å². The zero-order valence-electron chi connectivity index (χ0n) is 19.4. The highest BCUT2D eigenvalue weighted by Gasteiger charge is 2.10. The van der Waals surface area contributed by atoms with Crippen molar-refractivity contribution in [3.8, 4) is 5.88 Å². The fourth-order valence-corrected chi connectivity index (χ4v) is 3.60. The van der Waals surface area contributed by atoms with Crippen LogP contribution in [0.4, 0.5) is 5.69 Å². The Labute approximate surface area is 209 Å². The van der Waals surface area contributed by atoms with E-state index in [0.29, 0.717) is 28.2 Å². The van der Waals surface area contributed by atoms with Crippen LogP contribution in [0.5, 0.6) is 5.88 Å². The number of hydrogen-bond acceptors (Lipinski definition) is 5. The number of ether oxygens (including phenoxy) is 2. The van der Waals surface area contributed by atoms with Crippen LogP contribution in [0.3, 0.4) is 0 Å². The van der Waals surface area contributed by atoms with Gasteiger partial charge in [-0.25, -0.2) is 4.98 Å². The number of hydrogen-bond donors (Lipinski definition) is 2. The van der Waals surface area contributed by atoms with Crippen molar-refractivity contribution in [2.75, 3.05) is 38.7 Å². The van der Waals surface area contributed by atoms with Crippen LogP contribution in [0.25, 0.3) is 17.0 Å². The SMILES string of the molecule is CCN(CC)CCOc1ccc(NC(=O)C(=CC=Cc2cc3cc(Cl)c(Cl)cc3[nH]2)OC)cn1. The summed E-state index contributed by atoms with van der Waals surface area (Å²) in [6, 6.07) is 8.97. The molecule has 0 saturated heterocycles. The third-order valence-electron chi connectivity index (χ3n) is 5.20. The monoisotopic (exact) mass is 502 g/mol. The number of likely N-dealkylation sites (N-methyl/N-ethyl adjacent to an activating group) is 1. The average Bonchev–Trinajstić information content (AvgIpc) is 3.22. The molecule has 3 rings (SSSR count). The van der Waals surface area contributed by atoms with Gasteiger partial charge in [-0.15, -0.1) is 0 Å². The number of H-pyrrole nitrogens is 1. The van der Waals surface area contributed by atoms with E-state index >= 15 is 0 Å². The lowest BCUT2D eigenvalue weighted by Gasteiger charge is -2.17. The number of rotatable bonds is 11. The highest BCUT2D eigenvalue weighted by Crippen LogP contribution is 2.28. The summed E-state index contributed by atoms with van der Waals surface area (Å²) < 4.78 is 10.9. The first-order valence-corrected chi connectivity index (χ1v) is 11.7. The van der Waals surface area contributed by atoms with E-state index < -0.39 is 0 Å². The quantitative estimate of drug-likeness (QED) is 0.197. The van der Waals surface area contributed by atoms with Gasteiger partial charge in [0.2, 0.25) is 5.88 Å². The normalized spacial score (nSPS) is 12.0. The van der Waals surface area contributed by atoms with Gasteiger partial charge >= 0.3 is 0 Å². The molecule has 1 aromatic carbocycles. The van der Waals surface area contributed by atoms with Crippen LogP contribution in [0.1, 0.15) is 19.5 Å². The zero-order valence-corrected chi connectivity index (χ0v) is 20.9. The molecule has 0 atom stereocenters. The lowest BCUT2D eigenvalue weighted by atomic mass is 10.2. The predicted octanol–water partition coefficient (Wildman–Crippen LogP) is 5.77. The summed E-state index contributed by atoms with van der Waals surface area (Å²) in [6.07, 6.45) is 6.67. The number of allylic oxidation sites excluding steroid dienone is 2. The third kappa shape index (κ3) is 7.00. The van der Waals surface area contributed by atoms with E-state index in [2.05, 4.69) is 34.0 Å². The molecule has 0 fully saturated rings. The molecule has 0 spiro atoms. The molecule has 180 valence electrons. The molecule has 3 aromatic rings. The first kappa shape index (κ1) is 25.6. The van der Waals surface area contributed by atoms with Gasteiger partial charge in [-0.1, -0.05) is 43.1 Å². The zero-order chi connectivity index (χ0) is 24.5. The molecule has 0 aliphatic carbocycles. The van der Waals surface area contributed by atoms with Crippen molar-refractivity contribution < 1.29 is 14.3 Å². The molecule has 2 heterocycles. The van der Waals surface area contributed by atoms with Crippen molar-refractivity contribution in [2.45, 2.75) is 13.8 Å². The Balaban J connectivity index is 1.57. The summed E-state index contributed by atoms with van der Waals surface area (Å²) in [5.74, 6) is 0.272. The third-order valence-corrected chi connectivity index (χ3v) is 5.92. The minimum absolute atomic E-state index is 0.151. The lowest BCUT2D eigenvalue weighted by molar-refractivity contribution is -0.115. The van der Waals surface area contributed by atoms with Crippen LogP contribution in [0, 0.1) is 0 Å². The Bertz CT molecular complexity index is 1130. The van der Waals surface area contributed by atoms with Crippen LogP contribution in [-0.4, -0.2) is 54.1 Å². The Kier molecular flexibility index (Phi) is 9.39. The number of aromatic amines is 1. The summed E-state index contributed by atoms with van der Waals surface area (Å²) in [5, 5.41) is 4.69. The number of pyridine rings is 1. The maximum Gasteiger partial charge on any atom is 0.290 e. The first-order valence-electron chi connectivity index (χ1n) is 11.0. The Morgan fingerprint density at radius 2 is 1.94 bits per heavy atom. The van der Waals surface area contributed by atoms with E-state index in [1.807, 2.05) is 12.1 Å². The number of aromatic nitrogens is 2. The summed E-state index contributed by atoms with van der Waals surface area (Å²) >= 11 is 12.1. The van der Waals surface area contributed by atoms with Crippen molar-refractivity contribution in [1.29, 1.82) is 0 Å². The summed E-state index contributed by atoms with van der Waals surface area (Å²) in [4.78, 5) is 22.3. The minimum atomic E-state index is -0.389. The number of nitrogens with zero attached hydrogens (tertiary/aromatic N) is 2. The van der Waals surface area contributed by atoms with Gasteiger partial charge in [0.25, 0.3) is 5.91 Å². The molecule has 34 heavy (non-hydrogen) atoms. The Morgan fingerprint density at radius 3 is 2.62 bits per heavy atom. The average molecular weight is 503 g/mol.